The van der Waals surface area contributed by atoms with Crippen molar-refractivity contribution < 1.29 is 18.4 Å². The van der Waals surface area contributed by atoms with Crippen molar-refractivity contribution in [3.8, 4) is 5.69 Å². The van der Waals surface area contributed by atoms with Crippen LogP contribution in [0.15, 0.2) is 42.6 Å². The standard InChI is InChI=1S/C21H20FN3O2/c1-12(2)21-16(7-8-20(26)27)17-10-18-13(11-23-24-18)9-19(17)25(21)15-5-3-14(22)4-6-15/h3-6,9-12H,7-8H2,1-2H3,(H,23,24)(H,26,27)/i7D2,8D. The highest BCUT2D eigenvalue weighted by molar-refractivity contribution is 5.98. The summed E-state index contributed by atoms with van der Waals surface area (Å²) in [7, 11) is 0. The number of nitrogens with zero attached hydrogens (tertiary/aromatic N) is 2. The largest absolute Gasteiger partial charge is 0.481 e. The van der Waals surface area contributed by atoms with Crippen molar-refractivity contribution >= 4 is 27.8 Å². The zero-order chi connectivity index (χ0) is 21.8. The van der Waals surface area contributed by atoms with Crippen LogP contribution in [0.2, 0.25) is 0 Å². The second-order valence-corrected chi connectivity index (χ2v) is 6.68. The Hall–Kier alpha value is -3.15. The summed E-state index contributed by atoms with van der Waals surface area (Å²) in [5.74, 6) is -2.14. The van der Waals surface area contributed by atoms with E-state index >= 15 is 0 Å². The molecule has 0 fully saturated rings. The number of aliphatic carboxylic acids is 1. The molecule has 2 heterocycles. The van der Waals surface area contributed by atoms with E-state index in [2.05, 4.69) is 10.2 Å². The first-order valence-corrected chi connectivity index (χ1v) is 8.55. The van der Waals surface area contributed by atoms with Crippen LogP contribution in [0.5, 0.6) is 0 Å². The van der Waals surface area contributed by atoms with Crippen LogP contribution in [0.4, 0.5) is 4.39 Å². The Balaban J connectivity index is 2.18. The van der Waals surface area contributed by atoms with Crippen LogP contribution in [0.25, 0.3) is 27.5 Å². The maximum atomic E-state index is 13.6. The van der Waals surface area contributed by atoms with Crippen molar-refractivity contribution in [1.82, 2.24) is 14.8 Å². The molecule has 0 spiro atoms. The van der Waals surface area contributed by atoms with Gasteiger partial charge in [0, 0.05) is 32.7 Å². The molecule has 0 amide bonds. The molecule has 6 heteroatoms. The molecule has 0 aliphatic carbocycles. The number of carbonyl (C=O) groups is 1. The lowest BCUT2D eigenvalue weighted by atomic mass is 9.99. The first kappa shape index (κ1) is 14.0. The molecule has 2 N–H and O–H groups in total. The fourth-order valence-electron chi connectivity index (χ4n) is 3.44. The molecule has 0 bridgehead atoms. The Morgan fingerprint density at radius 2 is 2.07 bits per heavy atom. The highest BCUT2D eigenvalue weighted by atomic mass is 19.1. The van der Waals surface area contributed by atoms with Crippen LogP contribution in [0.3, 0.4) is 0 Å². The number of rotatable bonds is 5. The summed E-state index contributed by atoms with van der Waals surface area (Å²) in [5, 5.41) is 17.5. The minimum absolute atomic E-state index is 0.149. The van der Waals surface area contributed by atoms with E-state index in [1.807, 2.05) is 24.5 Å². The predicted molar refractivity (Wildman–Crippen MR) is 103 cm³/mol. The van der Waals surface area contributed by atoms with Crippen molar-refractivity contribution in [2.24, 2.45) is 0 Å². The zero-order valence-electron chi connectivity index (χ0n) is 17.8. The molecule has 4 rings (SSSR count). The smallest absolute Gasteiger partial charge is 0.303 e. The number of hydrogen-bond acceptors (Lipinski definition) is 2. The summed E-state index contributed by atoms with van der Waals surface area (Å²) in [5.41, 5.74) is 2.61. The minimum Gasteiger partial charge on any atom is -0.481 e. The van der Waals surface area contributed by atoms with Crippen LogP contribution in [-0.2, 0) is 11.2 Å². The summed E-state index contributed by atoms with van der Waals surface area (Å²) in [6, 6.07) is 9.39. The Morgan fingerprint density at radius 3 is 2.74 bits per heavy atom. The van der Waals surface area contributed by atoms with Gasteiger partial charge in [-0.3, -0.25) is 9.89 Å². The highest BCUT2D eigenvalue weighted by Gasteiger charge is 2.22. The van der Waals surface area contributed by atoms with Crippen LogP contribution >= 0.6 is 0 Å². The van der Waals surface area contributed by atoms with Gasteiger partial charge in [0.05, 0.1) is 17.2 Å². The number of fused-ring (bicyclic) bond motifs is 2. The quantitative estimate of drug-likeness (QED) is 0.532. The SMILES string of the molecule is [2H]C(C(=O)O)C([2H])([2H])c1c(C(C)C)n(-c2ccc(F)cc2)c2cc3cn[nH]c3cc12. The Morgan fingerprint density at radius 1 is 1.33 bits per heavy atom. The number of hydrogen-bond donors (Lipinski definition) is 2. The van der Waals surface area contributed by atoms with Gasteiger partial charge in [0.2, 0.25) is 0 Å². The van der Waals surface area contributed by atoms with Crippen molar-refractivity contribution in [3.05, 3.63) is 59.7 Å². The maximum absolute atomic E-state index is 13.6. The summed E-state index contributed by atoms with van der Waals surface area (Å²) >= 11 is 0. The molecular weight excluding hydrogens is 345 g/mol. The number of nitrogens with one attached hydrogen (secondary N) is 1. The van der Waals surface area contributed by atoms with E-state index in [4.69, 9.17) is 4.11 Å². The highest BCUT2D eigenvalue weighted by Crippen LogP contribution is 2.36. The Labute approximate surface area is 159 Å². The Bertz CT molecular complexity index is 1260. The van der Waals surface area contributed by atoms with E-state index < -0.39 is 24.6 Å². The van der Waals surface area contributed by atoms with E-state index in [0.717, 1.165) is 5.39 Å². The zero-order valence-corrected chi connectivity index (χ0v) is 14.8. The third kappa shape index (κ3) is 2.97. The van der Waals surface area contributed by atoms with E-state index in [1.165, 1.54) is 12.1 Å². The molecule has 0 aliphatic heterocycles. The molecule has 1 unspecified atom stereocenters. The normalized spacial score (nSPS) is 15.0. The van der Waals surface area contributed by atoms with Crippen LogP contribution < -0.4 is 0 Å². The molecule has 5 nitrogen and oxygen atoms in total. The van der Waals surface area contributed by atoms with Crippen LogP contribution in [0.1, 0.15) is 41.5 Å². The van der Waals surface area contributed by atoms with Gasteiger partial charge in [-0.25, -0.2) is 4.39 Å². The lowest BCUT2D eigenvalue weighted by Gasteiger charge is -2.15. The van der Waals surface area contributed by atoms with Gasteiger partial charge in [-0.2, -0.15) is 5.10 Å². The number of halogens is 1. The van der Waals surface area contributed by atoms with Crippen molar-refractivity contribution in [3.63, 3.8) is 0 Å². The Kier molecular flexibility index (Phi) is 3.38. The van der Waals surface area contributed by atoms with Crippen LogP contribution in [0, 0.1) is 5.82 Å². The first-order chi connectivity index (χ1) is 14.1. The second kappa shape index (κ2) is 6.54. The molecule has 0 radical (unpaired) electrons. The monoisotopic (exact) mass is 368 g/mol. The first-order valence-electron chi connectivity index (χ1n) is 10.1. The summed E-state index contributed by atoms with van der Waals surface area (Å²) in [6.07, 6.45) is -2.84. The van der Waals surface area contributed by atoms with Crippen molar-refractivity contribution in [2.45, 2.75) is 32.5 Å². The molecule has 27 heavy (non-hydrogen) atoms. The number of aromatic nitrogens is 3. The van der Waals surface area contributed by atoms with Gasteiger partial charge in [0.1, 0.15) is 5.82 Å². The minimum atomic E-state index is -2.47. The number of carboxylic acids is 1. The summed E-state index contributed by atoms with van der Waals surface area (Å²) in [4.78, 5) is 11.5. The average molecular weight is 368 g/mol. The van der Waals surface area contributed by atoms with E-state index in [0.29, 0.717) is 27.8 Å². The molecule has 0 aliphatic rings. The van der Waals surface area contributed by atoms with Crippen molar-refractivity contribution in [1.29, 1.82) is 0 Å². The van der Waals surface area contributed by atoms with Gasteiger partial charge in [0.25, 0.3) is 0 Å². The van der Waals surface area contributed by atoms with Gasteiger partial charge in [0.15, 0.2) is 0 Å². The van der Waals surface area contributed by atoms with Gasteiger partial charge < -0.3 is 9.67 Å². The third-order valence-corrected chi connectivity index (χ3v) is 4.54. The number of carboxylic acid groups (broad SMARTS) is 1. The van der Waals surface area contributed by atoms with Gasteiger partial charge >= 0.3 is 5.97 Å². The molecule has 4 aromatic rings. The van der Waals surface area contributed by atoms with Gasteiger partial charge in [-0.15, -0.1) is 0 Å². The lowest BCUT2D eigenvalue weighted by molar-refractivity contribution is -0.136. The molecule has 1 atom stereocenters. The lowest BCUT2D eigenvalue weighted by Crippen LogP contribution is -2.06. The topological polar surface area (TPSA) is 70.9 Å². The summed E-state index contributed by atoms with van der Waals surface area (Å²) in [6.45, 7) is 3.75. The fraction of sp³-hybridized carbons (Fsp3) is 0.238. The van der Waals surface area contributed by atoms with Crippen LogP contribution in [-0.4, -0.2) is 25.8 Å². The summed E-state index contributed by atoms with van der Waals surface area (Å²) < 4.78 is 40.6. The maximum Gasteiger partial charge on any atom is 0.303 e. The number of benzene rings is 2. The van der Waals surface area contributed by atoms with Gasteiger partial charge in [-0.05, 0) is 54.3 Å². The molecule has 0 saturated carbocycles. The molecular formula is C21H20FN3O2. The van der Waals surface area contributed by atoms with E-state index in [-0.39, 0.29) is 11.5 Å². The molecule has 2 aromatic heterocycles. The average Bonchev–Trinajstić information content (AvgIpc) is 3.28. The van der Waals surface area contributed by atoms with E-state index in [1.54, 1.807) is 24.4 Å². The second-order valence-electron chi connectivity index (χ2n) is 6.68. The number of H-pyrrole nitrogens is 1. The molecule has 0 saturated heterocycles. The molecule has 2 aromatic carbocycles. The van der Waals surface area contributed by atoms with Crippen molar-refractivity contribution in [2.75, 3.05) is 0 Å². The van der Waals surface area contributed by atoms with E-state index in [9.17, 15) is 14.3 Å². The fourth-order valence-corrected chi connectivity index (χ4v) is 3.44. The third-order valence-electron chi connectivity index (χ3n) is 4.54. The number of aromatic amines is 1. The molecule has 138 valence electrons. The predicted octanol–water partition coefficient (Wildman–Crippen LogP) is 4.79. The van der Waals surface area contributed by atoms with Gasteiger partial charge in [-0.1, -0.05) is 13.8 Å². The number of aryl methyl sites for hydroxylation is 1.